The molecule has 0 aliphatic rings. The van der Waals surface area contributed by atoms with E-state index in [9.17, 15) is 0 Å². The molecule has 0 radical (unpaired) electrons. The molecule has 100 valence electrons. The van der Waals surface area contributed by atoms with Crippen LogP contribution >= 0.6 is 11.6 Å². The second kappa shape index (κ2) is 6.02. The van der Waals surface area contributed by atoms with Gasteiger partial charge >= 0.3 is 0 Å². The lowest BCUT2D eigenvalue weighted by Gasteiger charge is -2.08. The summed E-state index contributed by atoms with van der Waals surface area (Å²) in [5.41, 5.74) is 2.93. The molecule has 0 spiro atoms. The molecule has 0 bridgehead atoms. The molecule has 1 heterocycles. The normalized spacial score (nSPS) is 10.5. The fourth-order valence-electron chi connectivity index (χ4n) is 1.74. The quantitative estimate of drug-likeness (QED) is 0.825. The Morgan fingerprint density at radius 3 is 2.32 bits per heavy atom. The zero-order valence-electron chi connectivity index (χ0n) is 11.4. The molecule has 0 N–H and O–H groups in total. The molecule has 0 aliphatic carbocycles. The standard InChI is InChI=1S/C15H17ClN2O/c1-4-5-12-6-8-13(9-7-12)19-15-14(16)17-10(2)11(3)18-15/h6-9H,4-5H2,1-3H3. The Kier molecular flexibility index (Phi) is 4.38. The monoisotopic (exact) mass is 276 g/mol. The lowest BCUT2D eigenvalue weighted by molar-refractivity contribution is 0.458. The summed E-state index contributed by atoms with van der Waals surface area (Å²) in [7, 11) is 0. The smallest absolute Gasteiger partial charge is 0.257 e. The van der Waals surface area contributed by atoms with Gasteiger partial charge in [0.1, 0.15) is 5.75 Å². The van der Waals surface area contributed by atoms with Crippen LogP contribution in [0, 0.1) is 13.8 Å². The van der Waals surface area contributed by atoms with Gasteiger partial charge in [0, 0.05) is 0 Å². The molecule has 19 heavy (non-hydrogen) atoms. The van der Waals surface area contributed by atoms with E-state index >= 15 is 0 Å². The SMILES string of the molecule is CCCc1ccc(Oc2nc(C)c(C)nc2Cl)cc1. The van der Waals surface area contributed by atoms with Crippen LogP contribution in [0.4, 0.5) is 0 Å². The van der Waals surface area contributed by atoms with Gasteiger partial charge < -0.3 is 4.74 Å². The molecule has 0 saturated carbocycles. The first kappa shape index (κ1) is 13.8. The molecule has 0 amide bonds. The summed E-state index contributed by atoms with van der Waals surface area (Å²) < 4.78 is 5.67. The second-order valence-corrected chi connectivity index (χ2v) is 4.84. The van der Waals surface area contributed by atoms with Crippen LogP contribution in [0.3, 0.4) is 0 Å². The molecule has 0 unspecified atom stereocenters. The molecule has 0 atom stereocenters. The molecule has 0 fully saturated rings. The molecule has 2 rings (SSSR count). The maximum Gasteiger partial charge on any atom is 0.257 e. The van der Waals surface area contributed by atoms with Crippen molar-refractivity contribution in [1.82, 2.24) is 9.97 Å². The molecule has 2 aromatic rings. The average Bonchev–Trinajstić information content (AvgIpc) is 2.38. The van der Waals surface area contributed by atoms with E-state index in [1.807, 2.05) is 26.0 Å². The highest BCUT2D eigenvalue weighted by Crippen LogP contribution is 2.26. The zero-order valence-corrected chi connectivity index (χ0v) is 12.2. The summed E-state index contributed by atoms with van der Waals surface area (Å²) in [6.45, 7) is 5.92. The fraction of sp³-hybridized carbons (Fsp3) is 0.333. The Balaban J connectivity index is 2.19. The number of rotatable bonds is 4. The van der Waals surface area contributed by atoms with Gasteiger partial charge in [-0.3, -0.25) is 0 Å². The van der Waals surface area contributed by atoms with Crippen LogP contribution in [0.1, 0.15) is 30.3 Å². The van der Waals surface area contributed by atoms with Crippen molar-refractivity contribution in [2.24, 2.45) is 0 Å². The molecule has 0 saturated heterocycles. The van der Waals surface area contributed by atoms with E-state index in [2.05, 4.69) is 29.0 Å². The molecular weight excluding hydrogens is 260 g/mol. The Bertz CT molecular complexity index is 567. The molecule has 1 aromatic heterocycles. The number of aromatic nitrogens is 2. The summed E-state index contributed by atoms with van der Waals surface area (Å²) in [5, 5.41) is 0.292. The number of benzene rings is 1. The van der Waals surface area contributed by atoms with Gasteiger partial charge in [-0.2, -0.15) is 0 Å². The van der Waals surface area contributed by atoms with Crippen LogP contribution in [-0.4, -0.2) is 9.97 Å². The summed E-state index contributed by atoms with van der Waals surface area (Å²) in [4.78, 5) is 8.50. The average molecular weight is 277 g/mol. The van der Waals surface area contributed by atoms with Gasteiger partial charge in [0.15, 0.2) is 5.15 Å². The second-order valence-electron chi connectivity index (χ2n) is 4.49. The number of hydrogen-bond acceptors (Lipinski definition) is 3. The van der Waals surface area contributed by atoms with Crippen LogP contribution in [0.15, 0.2) is 24.3 Å². The third-order valence-electron chi connectivity index (χ3n) is 2.91. The topological polar surface area (TPSA) is 35.0 Å². The minimum absolute atomic E-state index is 0.292. The number of hydrogen-bond donors (Lipinski definition) is 0. The molecule has 1 aromatic carbocycles. The van der Waals surface area contributed by atoms with Crippen molar-refractivity contribution in [3.8, 4) is 11.6 Å². The van der Waals surface area contributed by atoms with Crippen LogP contribution in [0.5, 0.6) is 11.6 Å². The first-order valence-electron chi connectivity index (χ1n) is 6.37. The summed E-state index contributed by atoms with van der Waals surface area (Å²) in [6.07, 6.45) is 2.21. The molecule has 4 heteroatoms. The van der Waals surface area contributed by atoms with Gasteiger partial charge in [-0.25, -0.2) is 9.97 Å². The van der Waals surface area contributed by atoms with Crippen molar-refractivity contribution in [2.45, 2.75) is 33.6 Å². The van der Waals surface area contributed by atoms with Crippen LogP contribution in [0.25, 0.3) is 0 Å². The van der Waals surface area contributed by atoms with Gasteiger partial charge in [-0.15, -0.1) is 0 Å². The highest BCUT2D eigenvalue weighted by molar-refractivity contribution is 6.30. The van der Waals surface area contributed by atoms with E-state index < -0.39 is 0 Å². The summed E-state index contributed by atoms with van der Waals surface area (Å²) >= 11 is 6.03. The first-order chi connectivity index (χ1) is 9.10. The van der Waals surface area contributed by atoms with Crippen molar-refractivity contribution >= 4 is 11.6 Å². The van der Waals surface area contributed by atoms with Crippen molar-refractivity contribution in [1.29, 1.82) is 0 Å². The molecule has 0 aliphatic heterocycles. The lowest BCUT2D eigenvalue weighted by atomic mass is 10.1. The van der Waals surface area contributed by atoms with Crippen LogP contribution in [0.2, 0.25) is 5.15 Å². The predicted octanol–water partition coefficient (Wildman–Crippen LogP) is 4.49. The van der Waals surface area contributed by atoms with Gasteiger partial charge in [-0.05, 0) is 38.0 Å². The molecule has 3 nitrogen and oxygen atoms in total. The zero-order chi connectivity index (χ0) is 13.8. The van der Waals surface area contributed by atoms with Crippen molar-refractivity contribution in [3.05, 3.63) is 46.4 Å². The van der Waals surface area contributed by atoms with Gasteiger partial charge in [0.25, 0.3) is 5.88 Å². The number of halogens is 1. The van der Waals surface area contributed by atoms with E-state index in [1.54, 1.807) is 0 Å². The third-order valence-corrected chi connectivity index (χ3v) is 3.16. The molecular formula is C15H17ClN2O. The maximum atomic E-state index is 6.03. The Labute approximate surface area is 118 Å². The number of aryl methyl sites for hydroxylation is 3. The minimum atomic E-state index is 0.292. The minimum Gasteiger partial charge on any atom is -0.436 e. The summed E-state index contributed by atoms with van der Waals surface area (Å²) in [6, 6.07) is 7.97. The Hall–Kier alpha value is -1.61. The van der Waals surface area contributed by atoms with Gasteiger partial charge in [-0.1, -0.05) is 37.1 Å². The van der Waals surface area contributed by atoms with E-state index in [0.29, 0.717) is 11.0 Å². The van der Waals surface area contributed by atoms with Crippen molar-refractivity contribution in [2.75, 3.05) is 0 Å². The van der Waals surface area contributed by atoms with E-state index in [4.69, 9.17) is 16.3 Å². The first-order valence-corrected chi connectivity index (χ1v) is 6.75. The largest absolute Gasteiger partial charge is 0.436 e. The maximum absolute atomic E-state index is 6.03. The number of nitrogens with zero attached hydrogens (tertiary/aromatic N) is 2. The highest BCUT2D eigenvalue weighted by atomic mass is 35.5. The van der Waals surface area contributed by atoms with Crippen LogP contribution < -0.4 is 4.74 Å². The van der Waals surface area contributed by atoms with Gasteiger partial charge in [0.05, 0.1) is 11.4 Å². The van der Waals surface area contributed by atoms with Crippen LogP contribution in [-0.2, 0) is 6.42 Å². The Morgan fingerprint density at radius 2 is 1.68 bits per heavy atom. The van der Waals surface area contributed by atoms with Gasteiger partial charge in [0.2, 0.25) is 0 Å². The Morgan fingerprint density at radius 1 is 1.05 bits per heavy atom. The number of ether oxygens (including phenoxy) is 1. The lowest BCUT2D eigenvalue weighted by Crippen LogP contribution is -1.97. The van der Waals surface area contributed by atoms with E-state index in [0.717, 1.165) is 30.0 Å². The van der Waals surface area contributed by atoms with Crippen molar-refractivity contribution in [3.63, 3.8) is 0 Å². The predicted molar refractivity (Wildman–Crippen MR) is 77.0 cm³/mol. The van der Waals surface area contributed by atoms with E-state index in [1.165, 1.54) is 5.56 Å². The summed E-state index contributed by atoms with van der Waals surface area (Å²) in [5.74, 6) is 1.08. The highest BCUT2D eigenvalue weighted by Gasteiger charge is 2.09. The van der Waals surface area contributed by atoms with E-state index in [-0.39, 0.29) is 0 Å². The third kappa shape index (κ3) is 3.44. The van der Waals surface area contributed by atoms with Crippen molar-refractivity contribution < 1.29 is 4.74 Å². The fourth-order valence-corrected chi connectivity index (χ4v) is 1.95.